The molecule has 1 aliphatic heterocycles. The topological polar surface area (TPSA) is 130 Å². The van der Waals surface area contributed by atoms with Crippen molar-refractivity contribution in [3.05, 3.63) is 76.2 Å². The van der Waals surface area contributed by atoms with Crippen molar-refractivity contribution in [2.24, 2.45) is 11.1 Å². The van der Waals surface area contributed by atoms with Crippen LogP contribution in [-0.2, 0) is 28.9 Å². The third-order valence-corrected chi connectivity index (χ3v) is 8.97. The predicted molar refractivity (Wildman–Crippen MR) is 151 cm³/mol. The SMILES string of the molecule is N[S+]([O-])c1ccc(Cc2c(-c3cccc(N4CCOCC4)c3)nn(-c3ncc(C(=O)O)s3)c2CC2CC2)cc1F. The van der Waals surface area contributed by atoms with Crippen LogP contribution in [0, 0.1) is 11.7 Å². The van der Waals surface area contributed by atoms with Crippen LogP contribution in [0.3, 0.4) is 0 Å². The van der Waals surface area contributed by atoms with Crippen LogP contribution in [0.15, 0.2) is 53.6 Å². The van der Waals surface area contributed by atoms with Gasteiger partial charge < -0.3 is 19.3 Å². The highest BCUT2D eigenvalue weighted by atomic mass is 32.2. The Balaban J connectivity index is 1.48. The number of aromatic carboxylic acids is 1. The molecular formula is C28H28FN5O4S2. The molecule has 1 saturated heterocycles. The fourth-order valence-electron chi connectivity index (χ4n) is 5.02. The van der Waals surface area contributed by atoms with E-state index in [9.17, 15) is 18.8 Å². The zero-order valence-electron chi connectivity index (χ0n) is 21.6. The van der Waals surface area contributed by atoms with Gasteiger partial charge >= 0.3 is 5.97 Å². The maximum atomic E-state index is 14.8. The molecule has 0 bridgehead atoms. The molecule has 2 aromatic heterocycles. The molecule has 2 aliphatic rings. The second kappa shape index (κ2) is 11.3. The fourth-order valence-corrected chi connectivity index (χ4v) is 6.21. The van der Waals surface area contributed by atoms with E-state index in [1.165, 1.54) is 18.3 Å². The molecule has 1 aliphatic carbocycles. The zero-order chi connectivity index (χ0) is 27.8. The number of hydrogen-bond donors (Lipinski definition) is 2. The standard InChI is InChI=1S/C28H28FN5O4S2/c29-22-13-18(6-7-25(22)40(30)37)12-21-23(14-17-4-5-17)34(28-31-16-24(39-28)27(35)36)32-26(21)19-2-1-3-20(15-19)33-8-10-38-11-9-33/h1-3,6-7,13,15-17H,4-5,8-12,14,30H2,(H,35,36). The molecule has 1 unspecified atom stereocenters. The second-order valence-electron chi connectivity index (χ2n) is 10.0. The Hall–Kier alpha value is -3.29. The normalized spacial score (nSPS) is 16.3. The third kappa shape index (κ3) is 5.63. The molecule has 6 rings (SSSR count). The Kier molecular flexibility index (Phi) is 7.60. The molecule has 40 heavy (non-hydrogen) atoms. The fraction of sp³-hybridized carbons (Fsp3) is 0.321. The van der Waals surface area contributed by atoms with Gasteiger partial charge in [0.15, 0.2) is 5.82 Å². The molecule has 2 fully saturated rings. The van der Waals surface area contributed by atoms with E-state index in [0.29, 0.717) is 36.2 Å². The lowest BCUT2D eigenvalue weighted by atomic mass is 9.96. The van der Waals surface area contributed by atoms with E-state index in [4.69, 9.17) is 15.0 Å². The highest BCUT2D eigenvalue weighted by Gasteiger charge is 2.30. The van der Waals surface area contributed by atoms with Crippen LogP contribution < -0.4 is 10.0 Å². The Morgan fingerprint density at radius 2 is 2.02 bits per heavy atom. The molecule has 1 atom stereocenters. The van der Waals surface area contributed by atoms with E-state index >= 15 is 0 Å². The summed E-state index contributed by atoms with van der Waals surface area (Å²) in [6, 6.07) is 12.8. The molecule has 12 heteroatoms. The first-order chi connectivity index (χ1) is 19.4. The number of halogens is 1. The van der Waals surface area contributed by atoms with Gasteiger partial charge in [-0.05, 0) is 55.0 Å². The number of carboxylic acids is 1. The minimum atomic E-state index is -1.92. The number of benzene rings is 2. The average Bonchev–Trinajstić information content (AvgIpc) is 3.51. The minimum Gasteiger partial charge on any atom is -0.593 e. The molecular weight excluding hydrogens is 553 g/mol. The first kappa shape index (κ1) is 26.9. The maximum absolute atomic E-state index is 14.8. The van der Waals surface area contributed by atoms with Crippen LogP contribution >= 0.6 is 11.3 Å². The molecule has 0 spiro atoms. The Morgan fingerprint density at radius 1 is 1.23 bits per heavy atom. The van der Waals surface area contributed by atoms with Crippen LogP contribution in [-0.4, -0.2) is 56.7 Å². The van der Waals surface area contributed by atoms with Crippen molar-refractivity contribution in [1.29, 1.82) is 0 Å². The number of aromatic nitrogens is 3. The Bertz CT molecular complexity index is 1550. The molecule has 0 amide bonds. The van der Waals surface area contributed by atoms with Gasteiger partial charge in [-0.2, -0.15) is 5.10 Å². The number of anilines is 1. The van der Waals surface area contributed by atoms with Crippen molar-refractivity contribution in [2.45, 2.75) is 30.6 Å². The molecule has 9 nitrogen and oxygen atoms in total. The van der Waals surface area contributed by atoms with Gasteiger partial charge in [0.2, 0.25) is 10.0 Å². The van der Waals surface area contributed by atoms with Crippen LogP contribution in [0.1, 0.15) is 39.3 Å². The van der Waals surface area contributed by atoms with Crippen LogP contribution in [0.5, 0.6) is 0 Å². The van der Waals surface area contributed by atoms with E-state index in [0.717, 1.165) is 71.9 Å². The number of morpholine rings is 1. The summed E-state index contributed by atoms with van der Waals surface area (Å²) in [5, 5.41) is 20.4. The number of carboxylic acid groups (broad SMARTS) is 1. The van der Waals surface area contributed by atoms with Gasteiger partial charge in [0.25, 0.3) is 0 Å². The lowest BCUT2D eigenvalue weighted by Gasteiger charge is -2.29. The lowest BCUT2D eigenvalue weighted by molar-refractivity contribution is 0.0702. The van der Waals surface area contributed by atoms with Gasteiger partial charge in [-0.3, -0.25) is 0 Å². The minimum absolute atomic E-state index is 0.0416. The van der Waals surface area contributed by atoms with Gasteiger partial charge in [-0.1, -0.05) is 29.5 Å². The van der Waals surface area contributed by atoms with Gasteiger partial charge in [0, 0.05) is 36.3 Å². The molecule has 3 heterocycles. The second-order valence-corrected chi connectivity index (χ2v) is 12.1. The molecule has 1 saturated carbocycles. The monoisotopic (exact) mass is 581 g/mol. The number of rotatable bonds is 9. The van der Waals surface area contributed by atoms with Crippen molar-refractivity contribution in [1.82, 2.24) is 14.8 Å². The summed E-state index contributed by atoms with van der Waals surface area (Å²) in [6.07, 6.45) is 4.70. The first-order valence-electron chi connectivity index (χ1n) is 13.1. The van der Waals surface area contributed by atoms with Crippen molar-refractivity contribution < 1.29 is 23.6 Å². The summed E-state index contributed by atoms with van der Waals surface area (Å²) in [5.41, 5.74) is 5.27. The van der Waals surface area contributed by atoms with E-state index in [1.54, 1.807) is 10.7 Å². The molecule has 3 N–H and O–H groups in total. The summed E-state index contributed by atoms with van der Waals surface area (Å²) in [5.74, 6) is -1.15. The van der Waals surface area contributed by atoms with Crippen LogP contribution in [0.25, 0.3) is 16.4 Å². The number of hydrogen-bond acceptors (Lipinski definition) is 8. The third-order valence-electron chi connectivity index (χ3n) is 7.24. The molecule has 4 aromatic rings. The van der Waals surface area contributed by atoms with E-state index in [2.05, 4.69) is 22.0 Å². The zero-order valence-corrected chi connectivity index (χ0v) is 23.2. The smallest absolute Gasteiger partial charge is 0.347 e. The number of nitrogens with two attached hydrogens (primary N) is 1. The van der Waals surface area contributed by atoms with Gasteiger partial charge in [0.05, 0.1) is 42.2 Å². The summed E-state index contributed by atoms with van der Waals surface area (Å²) >= 11 is -0.848. The number of nitrogens with zero attached hydrogens (tertiary/aromatic N) is 4. The summed E-state index contributed by atoms with van der Waals surface area (Å²) < 4.78 is 33.8. The van der Waals surface area contributed by atoms with E-state index < -0.39 is 23.1 Å². The largest absolute Gasteiger partial charge is 0.593 e. The Labute approximate surface area is 237 Å². The van der Waals surface area contributed by atoms with Gasteiger partial charge in [-0.15, -0.1) is 5.14 Å². The van der Waals surface area contributed by atoms with Gasteiger partial charge in [-0.25, -0.2) is 18.9 Å². The molecule has 0 radical (unpaired) electrons. The van der Waals surface area contributed by atoms with Crippen LogP contribution in [0.2, 0.25) is 0 Å². The summed E-state index contributed by atoms with van der Waals surface area (Å²) in [4.78, 5) is 18.4. The number of thiazole rings is 1. The summed E-state index contributed by atoms with van der Waals surface area (Å²) in [7, 11) is 0. The van der Waals surface area contributed by atoms with Crippen molar-refractivity contribution >= 4 is 34.4 Å². The lowest BCUT2D eigenvalue weighted by Crippen LogP contribution is -2.36. The quantitative estimate of drug-likeness (QED) is 0.282. The van der Waals surface area contributed by atoms with E-state index in [-0.39, 0.29) is 9.77 Å². The predicted octanol–water partition coefficient (Wildman–Crippen LogP) is 4.19. The first-order valence-corrected chi connectivity index (χ1v) is 15.1. The van der Waals surface area contributed by atoms with Crippen molar-refractivity contribution in [3.63, 3.8) is 0 Å². The number of carbonyl (C=O) groups is 1. The molecule has 2 aromatic carbocycles. The Morgan fingerprint density at radius 3 is 2.70 bits per heavy atom. The van der Waals surface area contributed by atoms with Gasteiger partial charge in [0.1, 0.15) is 4.88 Å². The highest BCUT2D eigenvalue weighted by molar-refractivity contribution is 7.89. The summed E-state index contributed by atoms with van der Waals surface area (Å²) in [6.45, 7) is 2.92. The molecule has 208 valence electrons. The van der Waals surface area contributed by atoms with Crippen molar-refractivity contribution in [2.75, 3.05) is 31.2 Å². The van der Waals surface area contributed by atoms with Crippen LogP contribution in [0.4, 0.5) is 10.1 Å². The van der Waals surface area contributed by atoms with E-state index in [1.807, 2.05) is 12.1 Å². The average molecular weight is 582 g/mol. The highest BCUT2D eigenvalue weighted by Crippen LogP contribution is 2.39. The van der Waals surface area contributed by atoms with Crippen molar-refractivity contribution in [3.8, 4) is 16.4 Å². The maximum Gasteiger partial charge on any atom is 0.347 e. The number of ether oxygens (including phenoxy) is 1.